The molecule has 164 valence electrons. The van der Waals surface area contributed by atoms with E-state index in [1.54, 1.807) is 0 Å². The SMILES string of the molecule is O=C(CN1C(=O)C(CO)c2ncccc2-c2c(F)cc(F)cc21)Nc1ccc(Cl)c(F)c1. The second kappa shape index (κ2) is 8.60. The van der Waals surface area contributed by atoms with Gasteiger partial charge in [0.15, 0.2) is 0 Å². The van der Waals surface area contributed by atoms with Crippen LogP contribution in [0.4, 0.5) is 24.5 Å². The molecule has 6 nitrogen and oxygen atoms in total. The highest BCUT2D eigenvalue weighted by Crippen LogP contribution is 2.42. The van der Waals surface area contributed by atoms with E-state index < -0.39 is 48.3 Å². The van der Waals surface area contributed by atoms with Crippen molar-refractivity contribution in [2.24, 2.45) is 0 Å². The number of fused-ring (bicyclic) bond motifs is 3. The van der Waals surface area contributed by atoms with Crippen LogP contribution in [-0.2, 0) is 9.59 Å². The van der Waals surface area contributed by atoms with Crippen molar-refractivity contribution in [3.05, 3.63) is 76.8 Å². The number of aromatic nitrogens is 1. The number of aliphatic hydroxyl groups is 1. The number of halogens is 4. The van der Waals surface area contributed by atoms with Gasteiger partial charge in [0.05, 0.1) is 23.0 Å². The summed E-state index contributed by atoms with van der Waals surface area (Å²) in [5, 5.41) is 12.1. The number of hydrogen-bond donors (Lipinski definition) is 2. The maximum Gasteiger partial charge on any atom is 0.244 e. The third-order valence-electron chi connectivity index (χ3n) is 5.01. The van der Waals surface area contributed by atoms with Crippen molar-refractivity contribution in [3.8, 4) is 11.1 Å². The zero-order valence-electron chi connectivity index (χ0n) is 16.3. The van der Waals surface area contributed by atoms with Gasteiger partial charge in [0.2, 0.25) is 11.8 Å². The molecule has 2 amide bonds. The standard InChI is InChI=1S/C22H15ClF3N3O3/c23-15-4-3-12(8-16(15)25)28-19(31)9-29-18-7-11(24)6-17(26)20(18)13-2-1-5-27-21(13)14(10-30)22(29)32/h1-8,14,30H,9-10H2,(H,28,31). The van der Waals surface area contributed by atoms with E-state index in [0.29, 0.717) is 6.07 Å². The van der Waals surface area contributed by atoms with E-state index in [9.17, 15) is 27.9 Å². The molecule has 0 fully saturated rings. The van der Waals surface area contributed by atoms with Gasteiger partial charge in [-0.15, -0.1) is 0 Å². The molecule has 3 aromatic rings. The Labute approximate surface area is 185 Å². The van der Waals surface area contributed by atoms with Gasteiger partial charge in [0.25, 0.3) is 0 Å². The van der Waals surface area contributed by atoms with Crippen LogP contribution < -0.4 is 10.2 Å². The second-order valence-corrected chi connectivity index (χ2v) is 7.46. The molecular formula is C22H15ClF3N3O3. The van der Waals surface area contributed by atoms with E-state index in [0.717, 1.165) is 17.0 Å². The van der Waals surface area contributed by atoms with Crippen LogP contribution >= 0.6 is 11.6 Å². The second-order valence-electron chi connectivity index (χ2n) is 7.05. The molecule has 32 heavy (non-hydrogen) atoms. The van der Waals surface area contributed by atoms with Crippen molar-refractivity contribution in [1.29, 1.82) is 0 Å². The first-order valence-corrected chi connectivity index (χ1v) is 9.79. The van der Waals surface area contributed by atoms with Gasteiger partial charge < -0.3 is 15.3 Å². The van der Waals surface area contributed by atoms with Crippen molar-refractivity contribution < 1.29 is 27.9 Å². The summed E-state index contributed by atoms with van der Waals surface area (Å²) in [7, 11) is 0. The van der Waals surface area contributed by atoms with E-state index in [1.807, 2.05) is 0 Å². The number of rotatable bonds is 4. The van der Waals surface area contributed by atoms with E-state index in [2.05, 4.69) is 10.3 Å². The molecule has 0 aliphatic carbocycles. The molecule has 1 unspecified atom stereocenters. The number of anilines is 2. The molecule has 2 N–H and O–H groups in total. The fourth-order valence-electron chi connectivity index (χ4n) is 3.62. The van der Waals surface area contributed by atoms with E-state index in [1.165, 1.54) is 30.5 Å². The minimum atomic E-state index is -1.21. The number of pyridine rings is 1. The van der Waals surface area contributed by atoms with Gasteiger partial charge in [0.1, 0.15) is 29.9 Å². The number of carbonyl (C=O) groups is 2. The molecule has 2 heterocycles. The lowest BCUT2D eigenvalue weighted by Gasteiger charge is -2.25. The minimum Gasteiger partial charge on any atom is -0.395 e. The van der Waals surface area contributed by atoms with Gasteiger partial charge in [-0.1, -0.05) is 17.7 Å². The summed E-state index contributed by atoms with van der Waals surface area (Å²) in [5.74, 6) is -5.40. The van der Waals surface area contributed by atoms with Crippen LogP contribution in [0, 0.1) is 17.5 Å². The van der Waals surface area contributed by atoms with Crippen molar-refractivity contribution >= 4 is 34.8 Å². The molecule has 4 rings (SSSR count). The fourth-order valence-corrected chi connectivity index (χ4v) is 3.73. The Kier molecular flexibility index (Phi) is 5.86. The maximum atomic E-state index is 14.9. The average Bonchev–Trinajstić information content (AvgIpc) is 2.84. The summed E-state index contributed by atoms with van der Waals surface area (Å²) in [5.41, 5.74) is 0.0808. The van der Waals surface area contributed by atoms with Gasteiger partial charge in [-0.05, 0) is 30.3 Å². The minimum absolute atomic E-state index is 0.0773. The molecule has 1 atom stereocenters. The number of carbonyl (C=O) groups excluding carboxylic acids is 2. The van der Waals surface area contributed by atoms with Crippen molar-refractivity contribution in [2.75, 3.05) is 23.4 Å². The van der Waals surface area contributed by atoms with Crippen molar-refractivity contribution in [3.63, 3.8) is 0 Å². The molecule has 1 aliphatic heterocycles. The topological polar surface area (TPSA) is 82.5 Å². The monoisotopic (exact) mass is 461 g/mol. The van der Waals surface area contributed by atoms with E-state index in [4.69, 9.17) is 11.6 Å². The zero-order valence-corrected chi connectivity index (χ0v) is 17.0. The quantitative estimate of drug-likeness (QED) is 0.617. The van der Waals surface area contributed by atoms with Crippen molar-refractivity contribution in [2.45, 2.75) is 5.92 Å². The molecule has 0 saturated carbocycles. The summed E-state index contributed by atoms with van der Waals surface area (Å²) in [4.78, 5) is 30.9. The van der Waals surface area contributed by atoms with Gasteiger partial charge in [-0.3, -0.25) is 14.6 Å². The first-order chi connectivity index (χ1) is 15.3. The van der Waals surface area contributed by atoms with Crippen molar-refractivity contribution in [1.82, 2.24) is 4.98 Å². The molecule has 0 radical (unpaired) electrons. The Morgan fingerprint density at radius 1 is 1.16 bits per heavy atom. The molecule has 10 heteroatoms. The van der Waals surface area contributed by atoms with Crippen LogP contribution in [0.5, 0.6) is 0 Å². The molecule has 0 bridgehead atoms. The van der Waals surface area contributed by atoms with Crippen LogP contribution in [-0.4, -0.2) is 35.1 Å². The van der Waals surface area contributed by atoms with Gasteiger partial charge in [-0.2, -0.15) is 0 Å². The Morgan fingerprint density at radius 3 is 2.66 bits per heavy atom. The molecular weight excluding hydrogens is 447 g/mol. The smallest absolute Gasteiger partial charge is 0.244 e. The summed E-state index contributed by atoms with van der Waals surface area (Å²) in [6.45, 7) is -1.31. The lowest BCUT2D eigenvalue weighted by Crippen LogP contribution is -2.41. The lowest BCUT2D eigenvalue weighted by molar-refractivity contribution is -0.123. The predicted molar refractivity (Wildman–Crippen MR) is 112 cm³/mol. The number of benzene rings is 2. The van der Waals surface area contributed by atoms with Gasteiger partial charge in [0, 0.05) is 29.1 Å². The third kappa shape index (κ3) is 3.92. The molecule has 1 aromatic heterocycles. The normalized spacial score (nSPS) is 15.1. The van der Waals surface area contributed by atoms with E-state index in [-0.39, 0.29) is 33.2 Å². The summed E-state index contributed by atoms with van der Waals surface area (Å²) in [6.07, 6.45) is 1.38. The number of hydrogen-bond acceptors (Lipinski definition) is 4. The van der Waals surface area contributed by atoms with Crippen LogP contribution in [0.3, 0.4) is 0 Å². The first kappa shape index (κ1) is 21.8. The summed E-state index contributed by atoms with van der Waals surface area (Å²) >= 11 is 5.63. The first-order valence-electron chi connectivity index (χ1n) is 9.41. The number of nitrogens with one attached hydrogen (secondary N) is 1. The maximum absolute atomic E-state index is 14.9. The Bertz CT molecular complexity index is 1240. The number of amides is 2. The fraction of sp³-hybridized carbons (Fsp3) is 0.136. The third-order valence-corrected chi connectivity index (χ3v) is 5.32. The lowest BCUT2D eigenvalue weighted by atomic mass is 9.96. The summed E-state index contributed by atoms with van der Waals surface area (Å²) < 4.78 is 42.7. The highest BCUT2D eigenvalue weighted by atomic mass is 35.5. The zero-order chi connectivity index (χ0) is 23.0. The van der Waals surface area contributed by atoms with Gasteiger partial charge >= 0.3 is 0 Å². The summed E-state index contributed by atoms with van der Waals surface area (Å²) in [6, 6.07) is 8.20. The Balaban J connectivity index is 1.77. The number of nitrogens with zero attached hydrogens (tertiary/aromatic N) is 2. The molecule has 1 aliphatic rings. The van der Waals surface area contributed by atoms with Crippen LogP contribution in [0.1, 0.15) is 11.6 Å². The van der Waals surface area contributed by atoms with E-state index >= 15 is 0 Å². The number of aliphatic hydroxyl groups excluding tert-OH is 1. The Morgan fingerprint density at radius 2 is 1.94 bits per heavy atom. The molecule has 0 saturated heterocycles. The van der Waals surface area contributed by atoms with Gasteiger partial charge in [-0.25, -0.2) is 13.2 Å². The Hall–Kier alpha value is -3.43. The largest absolute Gasteiger partial charge is 0.395 e. The van der Waals surface area contributed by atoms with Crippen LogP contribution in [0.2, 0.25) is 5.02 Å². The highest BCUT2D eigenvalue weighted by Gasteiger charge is 2.37. The highest BCUT2D eigenvalue weighted by molar-refractivity contribution is 6.30. The molecule has 0 spiro atoms. The van der Waals surface area contributed by atoms with Crippen LogP contribution in [0.25, 0.3) is 11.1 Å². The molecule has 2 aromatic carbocycles. The predicted octanol–water partition coefficient (Wildman–Crippen LogP) is 3.88. The van der Waals surface area contributed by atoms with Crippen LogP contribution in [0.15, 0.2) is 48.7 Å². The average molecular weight is 462 g/mol.